The third-order valence-corrected chi connectivity index (χ3v) is 5.52. The number of nitrogens with zero attached hydrogens (tertiary/aromatic N) is 1. The topological polar surface area (TPSA) is 70.8 Å². The van der Waals surface area contributed by atoms with Gasteiger partial charge in [-0.1, -0.05) is 54.6 Å². The van der Waals surface area contributed by atoms with E-state index in [0.717, 1.165) is 34.2 Å². The van der Waals surface area contributed by atoms with Crippen LogP contribution < -0.4 is 0 Å². The summed E-state index contributed by atoms with van der Waals surface area (Å²) in [5.41, 5.74) is 1.90. The Kier molecular flexibility index (Phi) is 5.50. The number of amides is 1. The van der Waals surface area contributed by atoms with Crippen molar-refractivity contribution in [2.45, 2.75) is 13.3 Å². The number of aliphatic carboxylic acids is 1. The molecule has 0 atom stereocenters. The Labute approximate surface area is 164 Å². The van der Waals surface area contributed by atoms with Crippen molar-refractivity contribution in [2.24, 2.45) is 0 Å². The molecule has 8 heteroatoms. The fourth-order valence-corrected chi connectivity index (χ4v) is 4.02. The van der Waals surface area contributed by atoms with E-state index in [1.807, 2.05) is 25.1 Å². The largest absolute Gasteiger partial charge is 0.480 e. The van der Waals surface area contributed by atoms with Crippen molar-refractivity contribution in [3.05, 3.63) is 51.6 Å². The van der Waals surface area contributed by atoms with Crippen molar-refractivity contribution in [3.8, 4) is 11.3 Å². The molecule has 1 aliphatic heterocycles. The summed E-state index contributed by atoms with van der Waals surface area (Å²) in [6, 6.07) is 9.26. The first-order chi connectivity index (χ1) is 12.4. The fourth-order valence-electron chi connectivity index (χ4n) is 2.47. The number of rotatable bonds is 5. The summed E-state index contributed by atoms with van der Waals surface area (Å²) in [6.45, 7) is 1.58. The molecule has 1 aromatic carbocycles. The van der Waals surface area contributed by atoms with Gasteiger partial charge in [-0.15, -0.1) is 0 Å². The van der Waals surface area contributed by atoms with Gasteiger partial charge in [0.25, 0.3) is 5.91 Å². The number of thiocarbonyl (C=S) groups is 1. The van der Waals surface area contributed by atoms with Crippen LogP contribution in [-0.2, 0) is 16.0 Å². The highest BCUT2D eigenvalue weighted by Crippen LogP contribution is 2.34. The number of furan rings is 1. The van der Waals surface area contributed by atoms with Crippen molar-refractivity contribution in [2.75, 3.05) is 6.54 Å². The van der Waals surface area contributed by atoms with Gasteiger partial charge >= 0.3 is 5.97 Å². The monoisotopic (exact) mass is 407 g/mol. The third-order valence-electron chi connectivity index (χ3n) is 3.79. The molecule has 1 fully saturated rings. The van der Waals surface area contributed by atoms with Crippen LogP contribution >= 0.6 is 35.6 Å². The van der Waals surface area contributed by atoms with E-state index < -0.39 is 18.4 Å². The molecule has 1 amide bonds. The van der Waals surface area contributed by atoms with Crippen LogP contribution in [0.15, 0.2) is 39.7 Å². The van der Waals surface area contributed by atoms with E-state index in [1.165, 1.54) is 0 Å². The summed E-state index contributed by atoms with van der Waals surface area (Å²) >= 11 is 12.4. The quantitative estimate of drug-likeness (QED) is 0.583. The van der Waals surface area contributed by atoms with Gasteiger partial charge < -0.3 is 9.52 Å². The average molecular weight is 408 g/mol. The Balaban J connectivity index is 1.83. The number of thioether (sulfide) groups is 1. The highest BCUT2D eigenvalue weighted by Gasteiger charge is 2.33. The lowest BCUT2D eigenvalue weighted by molar-refractivity contribution is -0.140. The standard InChI is InChI=1S/C18H14ClNO4S2/c1-2-10-3-4-11(7-13(10)19)14-6-5-12(24-14)8-15-17(23)20(9-16(21)22)18(25)26-15/h3-8H,2,9H2,1H3,(H,21,22)/b15-8-. The number of carboxylic acid groups (broad SMARTS) is 1. The Morgan fingerprint density at radius 3 is 2.81 bits per heavy atom. The summed E-state index contributed by atoms with van der Waals surface area (Å²) in [5, 5.41) is 9.54. The van der Waals surface area contributed by atoms with Gasteiger partial charge in [0.2, 0.25) is 0 Å². The number of halogens is 1. The first-order valence-corrected chi connectivity index (χ1v) is 9.35. The number of hydrogen-bond donors (Lipinski definition) is 1. The van der Waals surface area contributed by atoms with Gasteiger partial charge in [-0.2, -0.15) is 0 Å². The van der Waals surface area contributed by atoms with Crippen molar-refractivity contribution in [1.29, 1.82) is 0 Å². The van der Waals surface area contributed by atoms with E-state index in [2.05, 4.69) is 0 Å². The molecular formula is C18H14ClNO4S2. The van der Waals surface area contributed by atoms with E-state index in [-0.39, 0.29) is 4.32 Å². The van der Waals surface area contributed by atoms with Crippen LogP contribution in [0.25, 0.3) is 17.4 Å². The second-order valence-electron chi connectivity index (χ2n) is 5.52. The number of carbonyl (C=O) groups excluding carboxylic acids is 1. The van der Waals surface area contributed by atoms with Crippen LogP contribution in [0, 0.1) is 0 Å². The second-order valence-corrected chi connectivity index (χ2v) is 7.61. The molecule has 0 saturated carbocycles. The van der Waals surface area contributed by atoms with E-state index >= 15 is 0 Å². The molecule has 0 spiro atoms. The highest BCUT2D eigenvalue weighted by molar-refractivity contribution is 8.26. The molecule has 1 saturated heterocycles. The first-order valence-electron chi connectivity index (χ1n) is 7.75. The molecule has 0 bridgehead atoms. The lowest BCUT2D eigenvalue weighted by Crippen LogP contribution is -2.33. The highest BCUT2D eigenvalue weighted by atomic mass is 35.5. The van der Waals surface area contributed by atoms with Crippen molar-refractivity contribution in [1.82, 2.24) is 4.90 Å². The predicted molar refractivity (Wildman–Crippen MR) is 106 cm³/mol. The van der Waals surface area contributed by atoms with Crippen LogP contribution in [0.3, 0.4) is 0 Å². The first kappa shape index (κ1) is 18.7. The zero-order valence-corrected chi connectivity index (χ0v) is 16.1. The summed E-state index contributed by atoms with van der Waals surface area (Å²) in [7, 11) is 0. The molecule has 1 aliphatic rings. The van der Waals surface area contributed by atoms with Crippen LogP contribution in [-0.4, -0.2) is 32.7 Å². The number of benzene rings is 1. The molecule has 2 heterocycles. The molecular weight excluding hydrogens is 394 g/mol. The number of aryl methyl sites for hydroxylation is 1. The predicted octanol–water partition coefficient (Wildman–Crippen LogP) is 4.45. The summed E-state index contributed by atoms with van der Waals surface area (Å²) in [5.74, 6) is -0.445. The zero-order chi connectivity index (χ0) is 18.8. The summed E-state index contributed by atoms with van der Waals surface area (Å²) in [4.78, 5) is 24.5. The van der Waals surface area contributed by atoms with Crippen LogP contribution in [0.4, 0.5) is 0 Å². The van der Waals surface area contributed by atoms with Crippen LogP contribution in [0.1, 0.15) is 18.2 Å². The summed E-state index contributed by atoms with van der Waals surface area (Å²) < 4.78 is 6.00. The Morgan fingerprint density at radius 2 is 2.15 bits per heavy atom. The van der Waals surface area contributed by atoms with Gasteiger partial charge in [0.05, 0.1) is 4.91 Å². The SMILES string of the molecule is CCc1ccc(-c2ccc(/C=C3\SC(=S)N(CC(=O)O)C3=O)o2)cc1Cl. The maximum absolute atomic E-state index is 12.3. The van der Waals surface area contributed by atoms with E-state index in [4.69, 9.17) is 33.3 Å². The molecule has 5 nitrogen and oxygen atoms in total. The molecule has 0 unspecified atom stereocenters. The Bertz CT molecular complexity index is 935. The minimum atomic E-state index is -1.12. The molecule has 0 radical (unpaired) electrons. The minimum absolute atomic E-state index is 0.220. The van der Waals surface area contributed by atoms with Crippen molar-refractivity contribution < 1.29 is 19.1 Å². The molecule has 3 rings (SSSR count). The van der Waals surface area contributed by atoms with E-state index in [0.29, 0.717) is 21.4 Å². The molecule has 1 aromatic heterocycles. The summed E-state index contributed by atoms with van der Waals surface area (Å²) in [6.07, 6.45) is 2.41. The van der Waals surface area contributed by atoms with E-state index in [9.17, 15) is 9.59 Å². The Hall–Kier alpha value is -2.09. The van der Waals surface area contributed by atoms with Gasteiger partial charge in [-0.25, -0.2) is 0 Å². The second kappa shape index (κ2) is 7.65. The molecule has 134 valence electrons. The van der Waals surface area contributed by atoms with Gasteiger partial charge in [0.1, 0.15) is 22.4 Å². The lowest BCUT2D eigenvalue weighted by Gasteiger charge is -2.09. The fraction of sp³-hybridized carbons (Fsp3) is 0.167. The van der Waals surface area contributed by atoms with Gasteiger partial charge in [0, 0.05) is 16.7 Å². The lowest BCUT2D eigenvalue weighted by atomic mass is 10.1. The van der Waals surface area contributed by atoms with Gasteiger partial charge in [-0.05, 0) is 30.2 Å². The number of carbonyl (C=O) groups is 2. The number of carboxylic acids is 1. The van der Waals surface area contributed by atoms with Gasteiger partial charge in [-0.3, -0.25) is 14.5 Å². The van der Waals surface area contributed by atoms with Crippen molar-refractivity contribution in [3.63, 3.8) is 0 Å². The maximum atomic E-state index is 12.3. The molecule has 2 aromatic rings. The third kappa shape index (κ3) is 3.85. The maximum Gasteiger partial charge on any atom is 0.323 e. The molecule has 1 N–H and O–H groups in total. The zero-order valence-electron chi connectivity index (χ0n) is 13.7. The van der Waals surface area contributed by atoms with Crippen LogP contribution in [0.2, 0.25) is 5.02 Å². The number of hydrogen-bond acceptors (Lipinski definition) is 5. The smallest absolute Gasteiger partial charge is 0.323 e. The normalized spacial score (nSPS) is 15.9. The molecule has 0 aliphatic carbocycles. The van der Waals surface area contributed by atoms with Crippen LogP contribution in [0.5, 0.6) is 0 Å². The van der Waals surface area contributed by atoms with Gasteiger partial charge in [0.15, 0.2) is 0 Å². The minimum Gasteiger partial charge on any atom is -0.480 e. The Morgan fingerprint density at radius 1 is 1.38 bits per heavy atom. The molecule has 26 heavy (non-hydrogen) atoms. The van der Waals surface area contributed by atoms with E-state index in [1.54, 1.807) is 18.2 Å². The van der Waals surface area contributed by atoms with Crippen molar-refractivity contribution >= 4 is 57.9 Å². The average Bonchev–Trinajstić information content (AvgIpc) is 3.15.